The molecule has 2 N–H and O–H groups in total. The molecule has 0 aliphatic heterocycles. The highest BCUT2D eigenvalue weighted by molar-refractivity contribution is 5.76. The van der Waals surface area contributed by atoms with Crippen molar-refractivity contribution in [2.24, 2.45) is 0 Å². The Hall–Kier alpha value is -1.71. The van der Waals surface area contributed by atoms with E-state index in [9.17, 15) is 15.0 Å². The average molecular weight is 210 g/mol. The normalized spacial score (nSPS) is 10.0. The highest BCUT2D eigenvalue weighted by atomic mass is 16.5. The standard InChI is InChI=1S/C11H14O4/c1-7(12)3-4-8-5-6-9(13)11(15-2)10(8)14/h5-6,13-14H,3-4H2,1-2H3. The van der Waals surface area contributed by atoms with Crippen molar-refractivity contribution >= 4 is 5.78 Å². The average Bonchev–Trinajstić information content (AvgIpc) is 2.17. The number of rotatable bonds is 4. The van der Waals surface area contributed by atoms with Crippen molar-refractivity contribution in [1.82, 2.24) is 0 Å². The summed E-state index contributed by atoms with van der Waals surface area (Å²) in [6, 6.07) is 3.02. The molecule has 0 saturated heterocycles. The minimum Gasteiger partial charge on any atom is -0.504 e. The molecule has 1 rings (SSSR count). The maximum Gasteiger partial charge on any atom is 0.203 e. The van der Waals surface area contributed by atoms with Crippen molar-refractivity contribution in [1.29, 1.82) is 0 Å². The predicted octanol–water partition coefficient (Wildman–Crippen LogP) is 1.63. The van der Waals surface area contributed by atoms with Crippen LogP contribution in [-0.4, -0.2) is 23.1 Å². The Morgan fingerprint density at radius 2 is 2.07 bits per heavy atom. The van der Waals surface area contributed by atoms with Gasteiger partial charge in [-0.25, -0.2) is 0 Å². The largest absolute Gasteiger partial charge is 0.504 e. The fourth-order valence-electron chi connectivity index (χ4n) is 1.31. The Kier molecular flexibility index (Phi) is 3.55. The maximum absolute atomic E-state index is 10.8. The molecule has 82 valence electrons. The van der Waals surface area contributed by atoms with Crippen LogP contribution in [0.4, 0.5) is 0 Å². The fraction of sp³-hybridized carbons (Fsp3) is 0.364. The van der Waals surface area contributed by atoms with E-state index in [0.717, 1.165) is 0 Å². The molecule has 0 fully saturated rings. The van der Waals surface area contributed by atoms with E-state index in [2.05, 4.69) is 0 Å². The molecule has 15 heavy (non-hydrogen) atoms. The van der Waals surface area contributed by atoms with Crippen molar-refractivity contribution in [3.63, 3.8) is 0 Å². The number of carbonyl (C=O) groups is 1. The lowest BCUT2D eigenvalue weighted by Gasteiger charge is -2.09. The van der Waals surface area contributed by atoms with Crippen LogP contribution in [0, 0.1) is 0 Å². The van der Waals surface area contributed by atoms with Gasteiger partial charge in [0.25, 0.3) is 0 Å². The monoisotopic (exact) mass is 210 g/mol. The number of phenols is 2. The molecule has 0 saturated carbocycles. The van der Waals surface area contributed by atoms with Crippen LogP contribution in [0.5, 0.6) is 17.2 Å². The molecule has 4 nitrogen and oxygen atoms in total. The molecule has 0 atom stereocenters. The van der Waals surface area contributed by atoms with Crippen LogP contribution in [0.3, 0.4) is 0 Å². The first kappa shape index (κ1) is 11.4. The third-order valence-electron chi connectivity index (χ3n) is 2.14. The number of hydrogen-bond acceptors (Lipinski definition) is 4. The third kappa shape index (κ3) is 2.62. The van der Waals surface area contributed by atoms with E-state index in [-0.39, 0.29) is 23.0 Å². The number of ether oxygens (including phenoxy) is 1. The smallest absolute Gasteiger partial charge is 0.203 e. The summed E-state index contributed by atoms with van der Waals surface area (Å²) in [5, 5.41) is 19.0. The van der Waals surface area contributed by atoms with Crippen LogP contribution < -0.4 is 4.74 Å². The number of aryl methyl sites for hydroxylation is 1. The van der Waals surface area contributed by atoms with Crippen LogP contribution in [0.2, 0.25) is 0 Å². The topological polar surface area (TPSA) is 66.8 Å². The number of Topliss-reactive ketones (excluding diaryl/α,β-unsaturated/α-hetero) is 1. The van der Waals surface area contributed by atoms with Crippen LogP contribution in [-0.2, 0) is 11.2 Å². The second-order valence-electron chi connectivity index (χ2n) is 3.33. The van der Waals surface area contributed by atoms with Crippen molar-refractivity contribution in [3.05, 3.63) is 17.7 Å². The highest BCUT2D eigenvalue weighted by Gasteiger charge is 2.12. The fourth-order valence-corrected chi connectivity index (χ4v) is 1.31. The van der Waals surface area contributed by atoms with Crippen molar-refractivity contribution < 1.29 is 19.7 Å². The second-order valence-corrected chi connectivity index (χ2v) is 3.33. The molecular formula is C11H14O4. The SMILES string of the molecule is COc1c(O)ccc(CCC(C)=O)c1O. The molecule has 4 heteroatoms. The van der Waals surface area contributed by atoms with E-state index in [1.807, 2.05) is 0 Å². The van der Waals surface area contributed by atoms with Gasteiger partial charge in [-0.3, -0.25) is 0 Å². The quantitative estimate of drug-likeness (QED) is 0.792. The van der Waals surface area contributed by atoms with E-state index in [1.165, 1.54) is 20.1 Å². The molecule has 0 bridgehead atoms. The molecular weight excluding hydrogens is 196 g/mol. The van der Waals surface area contributed by atoms with Crippen molar-refractivity contribution in [2.75, 3.05) is 7.11 Å². The van der Waals surface area contributed by atoms with Gasteiger partial charge in [0.15, 0.2) is 11.5 Å². The van der Waals surface area contributed by atoms with E-state index >= 15 is 0 Å². The van der Waals surface area contributed by atoms with Crippen LogP contribution in [0.15, 0.2) is 12.1 Å². The minimum atomic E-state index is -0.110. The first-order chi connectivity index (χ1) is 7.06. The summed E-state index contributed by atoms with van der Waals surface area (Å²) >= 11 is 0. The molecule has 0 aliphatic rings. The molecule has 1 aromatic carbocycles. The van der Waals surface area contributed by atoms with Gasteiger partial charge in [0.2, 0.25) is 5.75 Å². The van der Waals surface area contributed by atoms with Crippen LogP contribution in [0.1, 0.15) is 18.9 Å². The van der Waals surface area contributed by atoms with E-state index < -0.39 is 0 Å². The minimum absolute atomic E-state index is 0.0519. The lowest BCUT2D eigenvalue weighted by atomic mass is 10.1. The maximum atomic E-state index is 10.8. The first-order valence-corrected chi connectivity index (χ1v) is 4.63. The lowest BCUT2D eigenvalue weighted by molar-refractivity contribution is -0.116. The number of carbonyl (C=O) groups excluding carboxylic acids is 1. The Morgan fingerprint density at radius 1 is 1.40 bits per heavy atom. The highest BCUT2D eigenvalue weighted by Crippen LogP contribution is 2.38. The molecule has 1 aromatic rings. The second kappa shape index (κ2) is 4.68. The first-order valence-electron chi connectivity index (χ1n) is 4.63. The van der Waals surface area contributed by atoms with Gasteiger partial charge in [-0.05, 0) is 25.0 Å². The van der Waals surface area contributed by atoms with Crippen LogP contribution in [0.25, 0.3) is 0 Å². The number of hydrogen-bond donors (Lipinski definition) is 2. The van der Waals surface area contributed by atoms with E-state index in [1.54, 1.807) is 6.07 Å². The summed E-state index contributed by atoms with van der Waals surface area (Å²) in [5.74, 6) is -0.0992. The van der Waals surface area contributed by atoms with Gasteiger partial charge < -0.3 is 19.7 Å². The zero-order valence-corrected chi connectivity index (χ0v) is 8.78. The summed E-state index contributed by atoms with van der Waals surface area (Å²) < 4.78 is 4.84. The number of benzene rings is 1. The molecule has 0 heterocycles. The predicted molar refractivity (Wildman–Crippen MR) is 55.3 cm³/mol. The zero-order chi connectivity index (χ0) is 11.4. The number of aromatic hydroxyl groups is 2. The molecule has 0 aliphatic carbocycles. The van der Waals surface area contributed by atoms with Crippen molar-refractivity contribution in [2.45, 2.75) is 19.8 Å². The van der Waals surface area contributed by atoms with Gasteiger partial charge in [0.05, 0.1) is 7.11 Å². The van der Waals surface area contributed by atoms with Gasteiger partial charge in [0, 0.05) is 6.42 Å². The summed E-state index contributed by atoms with van der Waals surface area (Å²) in [7, 11) is 1.36. The van der Waals surface area contributed by atoms with Gasteiger partial charge in [0.1, 0.15) is 5.78 Å². The third-order valence-corrected chi connectivity index (χ3v) is 2.14. The number of phenolic OH excluding ortho intramolecular Hbond substituents is 2. The van der Waals surface area contributed by atoms with E-state index in [0.29, 0.717) is 18.4 Å². The molecule has 0 unspecified atom stereocenters. The number of ketones is 1. The summed E-state index contributed by atoms with van der Waals surface area (Å²) in [4.78, 5) is 10.8. The van der Waals surface area contributed by atoms with Crippen LogP contribution >= 0.6 is 0 Å². The summed E-state index contributed by atoms with van der Waals surface area (Å²) in [5.41, 5.74) is 0.597. The van der Waals surface area contributed by atoms with Gasteiger partial charge >= 0.3 is 0 Å². The van der Waals surface area contributed by atoms with Gasteiger partial charge in [-0.2, -0.15) is 0 Å². The van der Waals surface area contributed by atoms with Crippen molar-refractivity contribution in [3.8, 4) is 17.2 Å². The Balaban J connectivity index is 2.94. The number of methoxy groups -OCH3 is 1. The Labute approximate surface area is 88.1 Å². The summed E-state index contributed by atoms with van der Waals surface area (Å²) in [6.07, 6.45) is 0.805. The molecule has 0 aromatic heterocycles. The molecule has 0 amide bonds. The molecule has 0 spiro atoms. The van der Waals surface area contributed by atoms with E-state index in [4.69, 9.17) is 4.74 Å². The van der Waals surface area contributed by atoms with Gasteiger partial charge in [-0.1, -0.05) is 6.07 Å². The lowest BCUT2D eigenvalue weighted by Crippen LogP contribution is -1.95. The Morgan fingerprint density at radius 3 is 2.60 bits per heavy atom. The molecule has 0 radical (unpaired) electrons. The van der Waals surface area contributed by atoms with Gasteiger partial charge in [-0.15, -0.1) is 0 Å². The summed E-state index contributed by atoms with van der Waals surface area (Å²) in [6.45, 7) is 1.49. The zero-order valence-electron chi connectivity index (χ0n) is 8.78. The Bertz CT molecular complexity index is 371.